The lowest BCUT2D eigenvalue weighted by Gasteiger charge is -2.28. The maximum Gasteiger partial charge on any atom is 0.338 e. The number of rotatable bonds is 8. The van der Waals surface area contributed by atoms with Crippen molar-refractivity contribution in [3.63, 3.8) is 0 Å². The van der Waals surface area contributed by atoms with Crippen molar-refractivity contribution in [2.75, 3.05) is 5.32 Å². The minimum Gasteiger partial charge on any atom is -0.456 e. The highest BCUT2D eigenvalue weighted by Gasteiger charge is 2.25. The fraction of sp³-hybridized carbons (Fsp3) is 0.296. The number of halogens is 1. The molecule has 0 saturated carbocycles. The van der Waals surface area contributed by atoms with Crippen LogP contribution < -0.4 is 14.8 Å². The van der Waals surface area contributed by atoms with Crippen molar-refractivity contribution in [3.05, 3.63) is 88.4 Å². The van der Waals surface area contributed by atoms with Gasteiger partial charge in [0.05, 0.1) is 22.4 Å². The summed E-state index contributed by atoms with van der Waals surface area (Å²) in [6.07, 6.45) is 1.80. The molecule has 1 aliphatic heterocycles. The van der Waals surface area contributed by atoms with Gasteiger partial charge < -0.3 is 10.1 Å². The molecular weight excluding hydrogens is 530 g/mol. The average molecular weight is 560 g/mol. The van der Waals surface area contributed by atoms with Crippen molar-refractivity contribution < 1.29 is 17.9 Å². The largest absolute Gasteiger partial charge is 0.456 e. The summed E-state index contributed by atoms with van der Waals surface area (Å²) in [7, 11) is -3.88. The van der Waals surface area contributed by atoms with Gasteiger partial charge in [0, 0.05) is 11.4 Å². The molecule has 0 spiro atoms. The average Bonchev–Trinajstić information content (AvgIpc) is 2.85. The second-order valence-corrected chi connectivity index (χ2v) is 12.8. The zero-order chi connectivity index (χ0) is 26.6. The van der Waals surface area contributed by atoms with E-state index in [1.54, 1.807) is 57.2 Å². The number of carbonyl (C=O) groups excluding carboxylic acids is 1. The fourth-order valence-electron chi connectivity index (χ4n) is 3.73. The van der Waals surface area contributed by atoms with Crippen LogP contribution in [0.5, 0.6) is 0 Å². The molecule has 0 saturated heterocycles. The van der Waals surface area contributed by atoms with E-state index in [0.29, 0.717) is 11.1 Å². The van der Waals surface area contributed by atoms with Crippen LogP contribution in [0.1, 0.15) is 48.7 Å². The third kappa shape index (κ3) is 7.49. The van der Waals surface area contributed by atoms with Crippen LogP contribution in [-0.4, -0.2) is 26.2 Å². The molecule has 7 nitrogen and oxygen atoms in total. The minimum absolute atomic E-state index is 0.0112. The first-order valence-electron chi connectivity index (χ1n) is 11.9. The molecule has 1 heterocycles. The molecule has 3 aromatic rings. The van der Waals surface area contributed by atoms with Crippen LogP contribution in [0.2, 0.25) is 5.02 Å². The van der Waals surface area contributed by atoms with Gasteiger partial charge in [-0.05, 0) is 81.0 Å². The Kier molecular flexibility index (Phi) is 8.50. The van der Waals surface area contributed by atoms with E-state index in [9.17, 15) is 13.2 Å². The summed E-state index contributed by atoms with van der Waals surface area (Å²) in [5, 5.41) is 3.55. The predicted octanol–water partition coefficient (Wildman–Crippen LogP) is 5.75. The molecule has 1 unspecified atom stereocenters. The summed E-state index contributed by atoms with van der Waals surface area (Å²) in [6, 6.07) is 20.1. The molecule has 0 bridgehead atoms. The number of carbonyl (C=O) groups is 1. The third-order valence-electron chi connectivity index (χ3n) is 5.58. The Morgan fingerprint density at radius 1 is 1.05 bits per heavy atom. The first-order chi connectivity index (χ1) is 17.5. The topological polar surface area (TPSA) is 96.5 Å². The summed E-state index contributed by atoms with van der Waals surface area (Å²) < 4.78 is 37.4. The number of hydrogen-bond acceptors (Lipinski definition) is 7. The van der Waals surface area contributed by atoms with E-state index >= 15 is 0 Å². The number of aryl methyl sites for hydroxylation is 1. The molecule has 1 aliphatic rings. The van der Waals surface area contributed by atoms with E-state index in [-0.39, 0.29) is 22.6 Å². The summed E-state index contributed by atoms with van der Waals surface area (Å²) in [5.74, 6) is -0.428. The molecule has 4 rings (SSSR count). The fourth-order valence-corrected chi connectivity index (χ4v) is 6.22. The standard InChI is InChI=1S/C27H30ClN3O4S2/c1-27(2,3)35-26(32)20-12-9-19(10-13-20)17-29-37(33,34)24-16-23-22(15-21(24)28)30-25(31-36-23)14-11-18-7-5-4-6-8-18/h4-10,12-13,15-16,25,29-31H,11,14,17H2,1-3H3. The lowest BCUT2D eigenvalue weighted by Crippen LogP contribution is -2.35. The summed E-state index contributed by atoms with van der Waals surface area (Å²) in [6.45, 7) is 5.45. The number of benzene rings is 3. The SMILES string of the molecule is CC(C)(C)OC(=O)c1ccc(CNS(=O)(=O)c2cc3c(cc2Cl)NC(CCc2ccccc2)NS3)cc1. The zero-order valence-corrected chi connectivity index (χ0v) is 23.3. The monoisotopic (exact) mass is 559 g/mol. The Labute approximate surface area is 227 Å². The Bertz CT molecular complexity index is 1360. The predicted molar refractivity (Wildman–Crippen MR) is 148 cm³/mol. The van der Waals surface area contributed by atoms with Gasteiger partial charge in [0.15, 0.2) is 0 Å². The van der Waals surface area contributed by atoms with E-state index in [1.165, 1.54) is 17.5 Å². The quantitative estimate of drug-likeness (QED) is 0.239. The maximum absolute atomic E-state index is 13.0. The van der Waals surface area contributed by atoms with Gasteiger partial charge in [0.25, 0.3) is 0 Å². The highest BCUT2D eigenvalue weighted by Crippen LogP contribution is 2.37. The van der Waals surface area contributed by atoms with E-state index in [2.05, 4.69) is 26.9 Å². The Balaban J connectivity index is 1.38. The van der Waals surface area contributed by atoms with Gasteiger partial charge >= 0.3 is 5.97 Å². The van der Waals surface area contributed by atoms with Gasteiger partial charge in [-0.25, -0.2) is 22.7 Å². The number of ether oxygens (including phenoxy) is 1. The Hall–Kier alpha value is -2.56. The molecule has 0 amide bonds. The van der Waals surface area contributed by atoms with E-state index in [1.807, 2.05) is 18.2 Å². The number of fused-ring (bicyclic) bond motifs is 1. The van der Waals surface area contributed by atoms with Crippen molar-refractivity contribution in [2.45, 2.75) is 61.7 Å². The van der Waals surface area contributed by atoms with Gasteiger partial charge in [-0.2, -0.15) is 0 Å². The molecule has 196 valence electrons. The van der Waals surface area contributed by atoms with Crippen molar-refractivity contribution in [3.8, 4) is 0 Å². The van der Waals surface area contributed by atoms with Crippen molar-refractivity contribution in [2.24, 2.45) is 0 Å². The number of anilines is 1. The van der Waals surface area contributed by atoms with Crippen LogP contribution in [0.25, 0.3) is 0 Å². The van der Waals surface area contributed by atoms with Crippen molar-refractivity contribution in [1.29, 1.82) is 0 Å². The second-order valence-electron chi connectivity index (χ2n) is 9.74. The molecule has 10 heteroatoms. The van der Waals surface area contributed by atoms with Gasteiger partial charge in [0.2, 0.25) is 10.0 Å². The summed E-state index contributed by atoms with van der Waals surface area (Å²) in [5.41, 5.74) is 2.56. The highest BCUT2D eigenvalue weighted by molar-refractivity contribution is 7.97. The van der Waals surface area contributed by atoms with E-state index in [4.69, 9.17) is 16.3 Å². The molecule has 0 radical (unpaired) electrons. The van der Waals surface area contributed by atoms with Crippen LogP contribution >= 0.6 is 23.5 Å². The Morgan fingerprint density at radius 3 is 2.43 bits per heavy atom. The van der Waals surface area contributed by atoms with Gasteiger partial charge in [0.1, 0.15) is 10.5 Å². The van der Waals surface area contributed by atoms with Gasteiger partial charge in [-0.3, -0.25) is 0 Å². The first-order valence-corrected chi connectivity index (χ1v) is 14.6. The highest BCUT2D eigenvalue weighted by atomic mass is 35.5. The summed E-state index contributed by atoms with van der Waals surface area (Å²) in [4.78, 5) is 13.0. The van der Waals surface area contributed by atoms with E-state index < -0.39 is 21.6 Å². The molecule has 37 heavy (non-hydrogen) atoms. The molecule has 3 N–H and O–H groups in total. The van der Waals surface area contributed by atoms with Gasteiger partial charge in [-0.1, -0.05) is 54.1 Å². The number of hydrogen-bond donors (Lipinski definition) is 3. The van der Waals surface area contributed by atoms with Crippen LogP contribution in [-0.2, 0) is 27.7 Å². The van der Waals surface area contributed by atoms with Crippen LogP contribution in [0.15, 0.2) is 76.5 Å². The van der Waals surface area contributed by atoms with Gasteiger partial charge in [-0.15, -0.1) is 0 Å². The van der Waals surface area contributed by atoms with Crippen molar-refractivity contribution in [1.82, 2.24) is 9.44 Å². The molecular formula is C27H30ClN3O4S2. The lowest BCUT2D eigenvalue weighted by molar-refractivity contribution is 0.00694. The minimum atomic E-state index is -3.88. The molecule has 3 aromatic carbocycles. The van der Waals surface area contributed by atoms with Crippen molar-refractivity contribution >= 4 is 45.2 Å². The number of nitrogens with one attached hydrogen (secondary N) is 3. The number of sulfonamides is 1. The summed E-state index contributed by atoms with van der Waals surface area (Å²) >= 11 is 7.80. The first kappa shape index (κ1) is 27.5. The van der Waals surface area contributed by atoms with Crippen LogP contribution in [0.3, 0.4) is 0 Å². The lowest BCUT2D eigenvalue weighted by atomic mass is 10.1. The molecule has 0 fully saturated rings. The zero-order valence-electron chi connectivity index (χ0n) is 20.9. The Morgan fingerprint density at radius 2 is 1.76 bits per heavy atom. The van der Waals surface area contributed by atoms with Crippen LogP contribution in [0, 0.1) is 0 Å². The van der Waals surface area contributed by atoms with Crippen LogP contribution in [0.4, 0.5) is 5.69 Å². The second kappa shape index (κ2) is 11.4. The smallest absolute Gasteiger partial charge is 0.338 e. The molecule has 0 aliphatic carbocycles. The molecule has 1 atom stereocenters. The normalized spacial score (nSPS) is 15.5. The maximum atomic E-state index is 13.0. The third-order valence-corrected chi connectivity index (χ3v) is 8.41. The van der Waals surface area contributed by atoms with E-state index in [0.717, 1.165) is 23.4 Å². The number of esters is 1. The molecule has 0 aromatic heterocycles.